The number of halogens is 4. The normalized spacial score (nSPS) is 18.6. The molecule has 0 radical (unpaired) electrons. The van der Waals surface area contributed by atoms with Crippen LogP contribution in [0, 0.1) is 0 Å². The summed E-state index contributed by atoms with van der Waals surface area (Å²) in [6.45, 7) is -0.432. The second-order valence-electron chi connectivity index (χ2n) is 5.46. The average molecular weight is 336 g/mol. The Morgan fingerprint density at radius 3 is 1.91 bits per heavy atom. The predicted octanol–water partition coefficient (Wildman–Crippen LogP) is 2.20. The van der Waals surface area contributed by atoms with E-state index in [-0.39, 0.29) is 12.3 Å². The molecular formula is C15H20F4N2O2. The number of β-amino-alcohol motifs (C(OH)–C–C–N with tert-alkyl or cyclic N) is 1. The minimum Gasteiger partial charge on any atom is -0.435 e. The number of rotatable bonds is 7. The van der Waals surface area contributed by atoms with E-state index in [4.69, 9.17) is 0 Å². The molecule has 1 N–H and O–H groups in total. The monoisotopic (exact) mass is 336 g/mol. The maximum absolute atomic E-state index is 12.3. The van der Waals surface area contributed by atoms with Crippen LogP contribution in [0.1, 0.15) is 11.7 Å². The number of aliphatic hydroxyl groups is 1. The van der Waals surface area contributed by atoms with Gasteiger partial charge in [0, 0.05) is 32.7 Å². The van der Waals surface area contributed by atoms with Crippen molar-refractivity contribution in [3.05, 3.63) is 29.8 Å². The van der Waals surface area contributed by atoms with Gasteiger partial charge in [-0.2, -0.15) is 8.78 Å². The molecule has 1 aliphatic heterocycles. The molecule has 0 aromatic heterocycles. The molecule has 1 aromatic carbocycles. The molecule has 1 unspecified atom stereocenters. The highest BCUT2D eigenvalue weighted by Gasteiger charge is 2.21. The average Bonchev–Trinajstić information content (AvgIpc) is 2.49. The van der Waals surface area contributed by atoms with Gasteiger partial charge in [-0.25, -0.2) is 8.78 Å². The molecule has 1 aliphatic rings. The topological polar surface area (TPSA) is 35.9 Å². The molecule has 8 heteroatoms. The van der Waals surface area contributed by atoms with Gasteiger partial charge in [0.15, 0.2) is 0 Å². The van der Waals surface area contributed by atoms with Crippen molar-refractivity contribution in [2.75, 3.05) is 39.3 Å². The summed E-state index contributed by atoms with van der Waals surface area (Å²) in [6.07, 6.45) is -3.10. The fourth-order valence-corrected chi connectivity index (χ4v) is 2.57. The summed E-state index contributed by atoms with van der Waals surface area (Å²) < 4.78 is 53.0. The molecule has 0 aliphatic carbocycles. The number of hydrogen-bond acceptors (Lipinski definition) is 4. The smallest absolute Gasteiger partial charge is 0.387 e. The highest BCUT2D eigenvalue weighted by atomic mass is 19.3. The van der Waals surface area contributed by atoms with Crippen molar-refractivity contribution in [1.82, 2.24) is 9.80 Å². The molecule has 1 fully saturated rings. The second-order valence-corrected chi connectivity index (χ2v) is 5.46. The first-order chi connectivity index (χ1) is 10.9. The van der Waals surface area contributed by atoms with E-state index in [2.05, 4.69) is 4.74 Å². The van der Waals surface area contributed by atoms with E-state index in [9.17, 15) is 22.7 Å². The van der Waals surface area contributed by atoms with Crippen LogP contribution in [-0.2, 0) is 0 Å². The summed E-state index contributed by atoms with van der Waals surface area (Å²) in [5.74, 6) is 0.0385. The summed E-state index contributed by atoms with van der Waals surface area (Å²) in [5, 5.41) is 10.2. The number of hydrogen-bond donors (Lipinski definition) is 1. The Labute approximate surface area is 132 Å². The lowest BCUT2D eigenvalue weighted by atomic mass is 10.1. The highest BCUT2D eigenvalue weighted by molar-refractivity contribution is 5.28. The fraction of sp³-hybridized carbons (Fsp3) is 0.600. The number of piperazine rings is 1. The van der Waals surface area contributed by atoms with Crippen LogP contribution in [0.15, 0.2) is 24.3 Å². The Morgan fingerprint density at radius 2 is 1.43 bits per heavy atom. The van der Waals surface area contributed by atoms with E-state index in [1.54, 1.807) is 4.90 Å². The van der Waals surface area contributed by atoms with E-state index in [0.717, 1.165) is 0 Å². The van der Waals surface area contributed by atoms with Crippen LogP contribution in [0.4, 0.5) is 17.6 Å². The van der Waals surface area contributed by atoms with E-state index >= 15 is 0 Å². The lowest BCUT2D eigenvalue weighted by Gasteiger charge is -2.35. The van der Waals surface area contributed by atoms with E-state index in [1.165, 1.54) is 24.3 Å². The molecule has 0 amide bonds. The molecule has 0 saturated carbocycles. The number of benzene rings is 1. The zero-order valence-corrected chi connectivity index (χ0v) is 12.5. The van der Waals surface area contributed by atoms with Gasteiger partial charge in [-0.15, -0.1) is 0 Å². The second kappa shape index (κ2) is 8.47. The number of alkyl halides is 4. The van der Waals surface area contributed by atoms with Crippen LogP contribution in [0.2, 0.25) is 0 Å². The van der Waals surface area contributed by atoms with Gasteiger partial charge in [0.1, 0.15) is 5.75 Å². The molecule has 1 saturated heterocycles. The molecule has 1 heterocycles. The zero-order valence-electron chi connectivity index (χ0n) is 12.5. The van der Waals surface area contributed by atoms with Gasteiger partial charge in [-0.3, -0.25) is 9.80 Å². The Morgan fingerprint density at radius 1 is 0.913 bits per heavy atom. The molecule has 2 rings (SSSR count). The van der Waals surface area contributed by atoms with E-state index in [1.807, 2.05) is 4.90 Å². The molecule has 0 spiro atoms. The first-order valence-corrected chi connectivity index (χ1v) is 7.39. The Kier molecular flexibility index (Phi) is 6.61. The van der Waals surface area contributed by atoms with Crippen molar-refractivity contribution in [3.63, 3.8) is 0 Å². The van der Waals surface area contributed by atoms with Crippen LogP contribution < -0.4 is 4.74 Å². The Hall–Kier alpha value is -1.38. The summed E-state index contributed by atoms with van der Waals surface area (Å²) in [7, 11) is 0. The van der Waals surface area contributed by atoms with Crippen molar-refractivity contribution in [3.8, 4) is 5.75 Å². The molecule has 0 bridgehead atoms. The van der Waals surface area contributed by atoms with Gasteiger partial charge in [0.2, 0.25) is 0 Å². The molecule has 23 heavy (non-hydrogen) atoms. The van der Waals surface area contributed by atoms with Crippen molar-refractivity contribution >= 4 is 0 Å². The zero-order chi connectivity index (χ0) is 16.8. The Bertz CT molecular complexity index is 465. The lowest BCUT2D eigenvalue weighted by molar-refractivity contribution is -0.0498. The van der Waals surface area contributed by atoms with Crippen LogP contribution in [-0.4, -0.2) is 67.2 Å². The highest BCUT2D eigenvalue weighted by Crippen LogP contribution is 2.20. The van der Waals surface area contributed by atoms with Crippen molar-refractivity contribution in [2.24, 2.45) is 0 Å². The largest absolute Gasteiger partial charge is 0.435 e. The molecule has 1 aromatic rings. The van der Waals surface area contributed by atoms with Crippen molar-refractivity contribution in [2.45, 2.75) is 19.1 Å². The number of ether oxygens (including phenoxy) is 1. The molecule has 4 nitrogen and oxygen atoms in total. The summed E-state index contributed by atoms with van der Waals surface area (Å²) in [5.41, 5.74) is 0.599. The Balaban J connectivity index is 1.79. The maximum atomic E-state index is 12.3. The molecule has 1 atom stereocenters. The lowest BCUT2D eigenvalue weighted by Crippen LogP contribution is -2.48. The predicted molar refractivity (Wildman–Crippen MR) is 76.9 cm³/mol. The number of nitrogens with zero attached hydrogens (tertiary/aromatic N) is 2. The summed E-state index contributed by atoms with van der Waals surface area (Å²) in [4.78, 5) is 3.69. The third kappa shape index (κ3) is 5.96. The van der Waals surface area contributed by atoms with E-state index < -0.39 is 19.1 Å². The minimum absolute atomic E-state index is 0.0385. The van der Waals surface area contributed by atoms with Crippen LogP contribution >= 0.6 is 0 Å². The standard InChI is InChI=1S/C15H20F4N2O2/c16-14(17)10-21-7-5-20(6-8-21)9-13(22)11-1-3-12(4-2-11)23-15(18)19/h1-4,13-15,22H,5-10H2. The minimum atomic E-state index is -2.88. The quantitative estimate of drug-likeness (QED) is 0.775. The van der Waals surface area contributed by atoms with E-state index in [0.29, 0.717) is 38.3 Å². The van der Waals surface area contributed by atoms with Crippen LogP contribution in [0.5, 0.6) is 5.75 Å². The third-order valence-corrected chi connectivity index (χ3v) is 3.78. The summed E-state index contributed by atoms with van der Waals surface area (Å²) >= 11 is 0. The van der Waals surface area contributed by atoms with Gasteiger partial charge in [0.25, 0.3) is 6.43 Å². The van der Waals surface area contributed by atoms with Gasteiger partial charge < -0.3 is 9.84 Å². The van der Waals surface area contributed by atoms with Crippen molar-refractivity contribution in [1.29, 1.82) is 0 Å². The third-order valence-electron chi connectivity index (χ3n) is 3.78. The van der Waals surface area contributed by atoms with Crippen LogP contribution in [0.3, 0.4) is 0 Å². The fourth-order valence-electron chi connectivity index (χ4n) is 2.57. The SMILES string of the molecule is OC(CN1CCN(CC(F)F)CC1)c1ccc(OC(F)F)cc1. The first-order valence-electron chi connectivity index (χ1n) is 7.39. The molecule has 130 valence electrons. The van der Waals surface area contributed by atoms with Gasteiger partial charge in [0.05, 0.1) is 12.6 Å². The van der Waals surface area contributed by atoms with Gasteiger partial charge in [-0.05, 0) is 17.7 Å². The van der Waals surface area contributed by atoms with Gasteiger partial charge in [-0.1, -0.05) is 12.1 Å². The molecular weight excluding hydrogens is 316 g/mol. The van der Waals surface area contributed by atoms with Gasteiger partial charge >= 0.3 is 6.61 Å². The summed E-state index contributed by atoms with van der Waals surface area (Å²) in [6, 6.07) is 5.83. The first kappa shape index (κ1) is 18.0. The maximum Gasteiger partial charge on any atom is 0.387 e. The van der Waals surface area contributed by atoms with Crippen LogP contribution in [0.25, 0.3) is 0 Å². The number of aliphatic hydroxyl groups excluding tert-OH is 1. The van der Waals surface area contributed by atoms with Crippen molar-refractivity contribution < 1.29 is 27.4 Å².